The summed E-state index contributed by atoms with van der Waals surface area (Å²) < 4.78 is 67.9. The van der Waals surface area contributed by atoms with Crippen molar-refractivity contribution in [1.82, 2.24) is 9.88 Å². The molecule has 0 fully saturated rings. The fraction of sp³-hybridized carbons (Fsp3) is 0.240. The van der Waals surface area contributed by atoms with Crippen LogP contribution in [-0.4, -0.2) is 36.1 Å². The Morgan fingerprint density at radius 1 is 1.11 bits per heavy atom. The van der Waals surface area contributed by atoms with Gasteiger partial charge < -0.3 is 10.4 Å². The number of aliphatic hydroxyl groups is 1. The molecule has 0 aliphatic rings. The summed E-state index contributed by atoms with van der Waals surface area (Å²) in [5.41, 5.74) is -4.32. The number of benzene rings is 2. The summed E-state index contributed by atoms with van der Waals surface area (Å²) in [5.74, 6) is -1.03. The van der Waals surface area contributed by atoms with Crippen molar-refractivity contribution in [2.75, 3.05) is 6.61 Å². The maximum Gasteiger partial charge on any atom is 0.416 e. The number of pyridine rings is 1. The molecule has 194 valence electrons. The van der Waals surface area contributed by atoms with E-state index in [0.29, 0.717) is 6.07 Å². The minimum atomic E-state index is -4.74. The number of alkyl halides is 3. The number of aromatic nitrogens is 1. The molecule has 1 aromatic heterocycles. The Hall–Kier alpha value is -3.95. The number of nitrogens with one attached hydrogen (secondary N) is 1. The SMILES string of the molecule is Cc1c(S(=O)(=O)c2ccc(C#N)cc2)cc(C(=O)NC(C)(C)CO)c(=O)n1-c1cccc(C(F)(F)F)c1. The highest BCUT2D eigenvalue weighted by Crippen LogP contribution is 2.31. The van der Waals surface area contributed by atoms with Crippen LogP contribution in [0.1, 0.15) is 41.0 Å². The number of amides is 1. The van der Waals surface area contributed by atoms with Gasteiger partial charge in [-0.05, 0) is 69.3 Å². The van der Waals surface area contributed by atoms with E-state index in [0.717, 1.165) is 22.8 Å². The van der Waals surface area contributed by atoms with E-state index in [9.17, 15) is 36.3 Å². The zero-order valence-electron chi connectivity index (χ0n) is 19.9. The quantitative estimate of drug-likeness (QED) is 0.500. The van der Waals surface area contributed by atoms with Crippen LogP contribution < -0.4 is 10.9 Å². The minimum Gasteiger partial charge on any atom is -0.394 e. The molecule has 0 spiro atoms. The lowest BCUT2D eigenvalue weighted by atomic mass is 10.1. The van der Waals surface area contributed by atoms with Crippen LogP contribution in [0, 0.1) is 18.3 Å². The lowest BCUT2D eigenvalue weighted by Crippen LogP contribution is -2.48. The predicted molar refractivity (Wildman–Crippen MR) is 127 cm³/mol. The monoisotopic (exact) mass is 533 g/mol. The van der Waals surface area contributed by atoms with Crippen molar-refractivity contribution >= 4 is 15.7 Å². The van der Waals surface area contributed by atoms with Crippen molar-refractivity contribution in [3.05, 3.63) is 87.3 Å². The Bertz CT molecular complexity index is 1570. The lowest BCUT2D eigenvalue weighted by molar-refractivity contribution is -0.137. The first kappa shape index (κ1) is 27.6. The molecule has 3 rings (SSSR count). The van der Waals surface area contributed by atoms with Gasteiger partial charge in [0.25, 0.3) is 11.5 Å². The van der Waals surface area contributed by atoms with Crippen molar-refractivity contribution in [1.29, 1.82) is 5.26 Å². The third kappa shape index (κ3) is 5.58. The molecular weight excluding hydrogens is 511 g/mol. The minimum absolute atomic E-state index is 0.191. The molecule has 0 aliphatic carbocycles. The number of halogens is 3. The topological polar surface area (TPSA) is 129 Å². The van der Waals surface area contributed by atoms with Crippen LogP contribution in [0.2, 0.25) is 0 Å². The van der Waals surface area contributed by atoms with Crippen LogP contribution in [0.15, 0.2) is 69.2 Å². The molecule has 2 N–H and O–H groups in total. The molecule has 12 heteroatoms. The van der Waals surface area contributed by atoms with Crippen LogP contribution >= 0.6 is 0 Å². The molecule has 8 nitrogen and oxygen atoms in total. The zero-order chi connectivity index (χ0) is 27.8. The Balaban J connectivity index is 2.36. The largest absolute Gasteiger partial charge is 0.416 e. The maximum absolute atomic E-state index is 13.5. The van der Waals surface area contributed by atoms with Crippen molar-refractivity contribution < 1.29 is 31.5 Å². The van der Waals surface area contributed by atoms with Crippen molar-refractivity contribution in [3.63, 3.8) is 0 Å². The molecular formula is C25H22F3N3O5S. The average molecular weight is 534 g/mol. The number of sulfone groups is 1. The first-order chi connectivity index (χ1) is 17.1. The first-order valence-electron chi connectivity index (χ1n) is 10.8. The highest BCUT2D eigenvalue weighted by atomic mass is 32.2. The Kier molecular flexibility index (Phi) is 7.35. The molecule has 1 amide bonds. The van der Waals surface area contributed by atoms with E-state index in [1.807, 2.05) is 6.07 Å². The van der Waals surface area contributed by atoms with Gasteiger partial charge in [-0.1, -0.05) is 6.07 Å². The van der Waals surface area contributed by atoms with Gasteiger partial charge in [0.2, 0.25) is 9.84 Å². The molecule has 0 aliphatic heterocycles. The highest BCUT2D eigenvalue weighted by Gasteiger charge is 2.32. The Labute approximate surface area is 210 Å². The van der Waals surface area contributed by atoms with Crippen LogP contribution in [0.3, 0.4) is 0 Å². The second-order valence-electron chi connectivity index (χ2n) is 8.83. The van der Waals surface area contributed by atoms with Gasteiger partial charge in [0, 0.05) is 11.4 Å². The number of nitriles is 1. The van der Waals surface area contributed by atoms with Crippen LogP contribution in [0.5, 0.6) is 0 Å². The molecule has 37 heavy (non-hydrogen) atoms. The number of aliphatic hydroxyl groups excluding tert-OH is 1. The Morgan fingerprint density at radius 2 is 1.73 bits per heavy atom. The first-order valence-corrected chi connectivity index (χ1v) is 12.2. The van der Waals surface area contributed by atoms with Gasteiger partial charge in [-0.15, -0.1) is 0 Å². The average Bonchev–Trinajstić information content (AvgIpc) is 2.83. The van der Waals surface area contributed by atoms with Crippen molar-refractivity contribution in [2.24, 2.45) is 0 Å². The smallest absolute Gasteiger partial charge is 0.394 e. The number of hydrogen-bond acceptors (Lipinski definition) is 6. The standard InChI is InChI=1S/C25H22F3N3O5S/c1-15-21(37(35,36)19-9-7-16(13-29)8-10-19)12-20(22(33)30-24(2,3)14-32)23(34)31(15)18-6-4-5-17(11-18)25(26,27)28/h4-12,32H,14H2,1-3H3,(H,30,33). The van der Waals surface area contributed by atoms with E-state index in [1.54, 1.807) is 0 Å². The third-order valence-corrected chi connectivity index (χ3v) is 7.39. The summed E-state index contributed by atoms with van der Waals surface area (Å²) in [6.07, 6.45) is -4.74. The fourth-order valence-electron chi connectivity index (χ4n) is 3.50. The molecule has 1 heterocycles. The van der Waals surface area contributed by atoms with Gasteiger partial charge in [-0.2, -0.15) is 18.4 Å². The molecule has 0 atom stereocenters. The van der Waals surface area contributed by atoms with Crippen molar-refractivity contribution in [2.45, 2.75) is 42.3 Å². The van der Waals surface area contributed by atoms with E-state index in [-0.39, 0.29) is 21.8 Å². The van der Waals surface area contributed by atoms with Gasteiger partial charge in [0.1, 0.15) is 5.56 Å². The van der Waals surface area contributed by atoms with E-state index in [2.05, 4.69) is 5.32 Å². The molecule has 0 unspecified atom stereocenters. The third-order valence-electron chi connectivity index (χ3n) is 5.51. The summed E-state index contributed by atoms with van der Waals surface area (Å²) >= 11 is 0. The Morgan fingerprint density at radius 3 is 2.27 bits per heavy atom. The van der Waals surface area contributed by atoms with E-state index in [1.165, 1.54) is 51.1 Å². The van der Waals surface area contributed by atoms with Gasteiger partial charge >= 0.3 is 6.18 Å². The number of rotatable bonds is 6. The normalized spacial score (nSPS) is 12.2. The van der Waals surface area contributed by atoms with Gasteiger partial charge in [-0.3, -0.25) is 14.2 Å². The second kappa shape index (κ2) is 9.84. The lowest BCUT2D eigenvalue weighted by Gasteiger charge is -2.24. The summed E-state index contributed by atoms with van der Waals surface area (Å²) in [5, 5.41) is 20.9. The fourth-order valence-corrected chi connectivity index (χ4v) is 5.00. The van der Waals surface area contributed by atoms with E-state index >= 15 is 0 Å². The zero-order valence-corrected chi connectivity index (χ0v) is 20.7. The molecule has 0 radical (unpaired) electrons. The predicted octanol–water partition coefficient (Wildman–Crippen LogP) is 3.37. The molecule has 0 saturated heterocycles. The van der Waals surface area contributed by atoms with Gasteiger partial charge in [0.05, 0.1) is 39.1 Å². The van der Waals surface area contributed by atoms with Crippen LogP contribution in [0.4, 0.5) is 13.2 Å². The molecule has 3 aromatic rings. The number of carbonyl (C=O) groups excluding carboxylic acids is 1. The van der Waals surface area contributed by atoms with Gasteiger partial charge in [-0.25, -0.2) is 8.42 Å². The number of nitrogens with zero attached hydrogens (tertiary/aromatic N) is 2. The van der Waals surface area contributed by atoms with Crippen LogP contribution in [0.25, 0.3) is 5.69 Å². The van der Waals surface area contributed by atoms with E-state index < -0.39 is 55.6 Å². The summed E-state index contributed by atoms with van der Waals surface area (Å²) in [7, 11) is -4.41. The van der Waals surface area contributed by atoms with Crippen LogP contribution in [-0.2, 0) is 16.0 Å². The molecule has 0 bridgehead atoms. The maximum atomic E-state index is 13.5. The van der Waals surface area contributed by atoms with Gasteiger partial charge in [0.15, 0.2) is 0 Å². The molecule has 0 saturated carbocycles. The second-order valence-corrected chi connectivity index (χ2v) is 10.8. The summed E-state index contributed by atoms with van der Waals surface area (Å²) in [4.78, 5) is 25.7. The van der Waals surface area contributed by atoms with Crippen molar-refractivity contribution in [3.8, 4) is 11.8 Å². The molecule has 2 aromatic carbocycles. The van der Waals surface area contributed by atoms with E-state index in [4.69, 9.17) is 5.26 Å². The summed E-state index contributed by atoms with van der Waals surface area (Å²) in [6, 6.07) is 11.3. The highest BCUT2D eigenvalue weighted by molar-refractivity contribution is 7.91. The number of carbonyl (C=O) groups is 1. The number of hydrogen-bond donors (Lipinski definition) is 2. The summed E-state index contributed by atoms with van der Waals surface area (Å²) in [6.45, 7) is 3.64.